The lowest BCUT2D eigenvalue weighted by atomic mass is 9.95. The molecule has 170 valence electrons. The number of piperidine rings is 1. The number of pyridine rings is 1. The van der Waals surface area contributed by atoms with Gasteiger partial charge in [0.05, 0.1) is 23.7 Å². The third-order valence-corrected chi connectivity index (χ3v) is 6.18. The van der Waals surface area contributed by atoms with Crippen molar-refractivity contribution in [3.05, 3.63) is 60.2 Å². The van der Waals surface area contributed by atoms with E-state index in [2.05, 4.69) is 28.1 Å². The fourth-order valence-corrected chi connectivity index (χ4v) is 4.38. The Morgan fingerprint density at radius 2 is 2.00 bits per heavy atom. The minimum Gasteiger partial charge on any atom is -0.384 e. The maximum atomic E-state index is 12.2. The van der Waals surface area contributed by atoms with Crippen LogP contribution >= 0.6 is 0 Å². The monoisotopic (exact) mass is 441 g/mol. The van der Waals surface area contributed by atoms with E-state index in [9.17, 15) is 4.79 Å². The second-order valence-electron chi connectivity index (χ2n) is 8.59. The molecule has 3 aromatic rings. The number of rotatable bonds is 9. The van der Waals surface area contributed by atoms with E-state index in [4.69, 9.17) is 10.2 Å². The molecule has 3 N–H and O–H groups in total. The summed E-state index contributed by atoms with van der Waals surface area (Å²) in [5, 5.41) is 19.6. The molecule has 1 aliphatic rings. The van der Waals surface area contributed by atoms with Crippen molar-refractivity contribution >= 4 is 22.5 Å². The lowest BCUT2D eigenvalue weighted by molar-refractivity contribution is 0.0954. The average Bonchev–Trinajstić information content (AvgIpc) is 2.87. The normalized spacial score (nSPS) is 15.7. The Hall–Kier alpha value is -3.43. The minimum absolute atomic E-state index is 0.168. The second-order valence-corrected chi connectivity index (χ2v) is 8.59. The molecule has 33 heavy (non-hydrogen) atoms. The number of para-hydroxylation sites is 1. The van der Waals surface area contributed by atoms with Crippen LogP contribution in [0.25, 0.3) is 22.2 Å². The number of nitrogens with one attached hydrogen (secondary N) is 3. The van der Waals surface area contributed by atoms with Gasteiger partial charge in [-0.25, -0.2) is 4.98 Å². The van der Waals surface area contributed by atoms with Crippen molar-refractivity contribution in [3.63, 3.8) is 0 Å². The molecule has 0 aliphatic carbocycles. The van der Waals surface area contributed by atoms with E-state index in [0.717, 1.165) is 59.8 Å². The molecule has 0 bridgehead atoms. The Bertz CT molecular complexity index is 1110. The van der Waals surface area contributed by atoms with Crippen molar-refractivity contribution in [2.75, 3.05) is 31.5 Å². The van der Waals surface area contributed by atoms with Crippen LogP contribution in [0.1, 0.15) is 42.5 Å². The Morgan fingerprint density at radius 3 is 2.79 bits per heavy atom. The predicted molar refractivity (Wildman–Crippen MR) is 133 cm³/mol. The summed E-state index contributed by atoms with van der Waals surface area (Å²) >= 11 is 0. The van der Waals surface area contributed by atoms with E-state index in [0.29, 0.717) is 18.5 Å². The number of carbonyl (C=O) groups excluding carboxylic acids is 1. The molecule has 0 radical (unpaired) electrons. The molecule has 0 saturated carbocycles. The lowest BCUT2D eigenvalue weighted by Crippen LogP contribution is -2.29. The predicted octanol–water partition coefficient (Wildman–Crippen LogP) is 4.74. The Kier molecular flexibility index (Phi) is 7.89. The maximum absolute atomic E-state index is 12.2. The summed E-state index contributed by atoms with van der Waals surface area (Å²) in [6.45, 7) is 3.60. The highest BCUT2D eigenvalue weighted by Crippen LogP contribution is 2.29. The molecule has 1 atom stereocenters. The van der Waals surface area contributed by atoms with Crippen LogP contribution < -0.4 is 16.0 Å². The molecule has 1 saturated heterocycles. The zero-order chi connectivity index (χ0) is 22.9. The SMILES string of the molecule is N#CCCNC(=O)c1ccc(-c2cc(NCCCC3CCCNC3)c3ccccc3n2)cc1. The van der Waals surface area contributed by atoms with Crippen LogP contribution in [0.2, 0.25) is 0 Å². The zero-order valence-electron chi connectivity index (χ0n) is 18.9. The van der Waals surface area contributed by atoms with Gasteiger partial charge in [0.25, 0.3) is 5.91 Å². The quantitative estimate of drug-likeness (QED) is 0.418. The third kappa shape index (κ3) is 6.09. The van der Waals surface area contributed by atoms with Crippen molar-refractivity contribution in [3.8, 4) is 17.3 Å². The number of hydrogen-bond acceptors (Lipinski definition) is 5. The van der Waals surface area contributed by atoms with E-state index >= 15 is 0 Å². The van der Waals surface area contributed by atoms with Crippen LogP contribution in [-0.2, 0) is 0 Å². The van der Waals surface area contributed by atoms with Crippen LogP contribution in [0.4, 0.5) is 5.69 Å². The van der Waals surface area contributed by atoms with Crippen LogP contribution in [0.3, 0.4) is 0 Å². The Morgan fingerprint density at radius 1 is 1.15 bits per heavy atom. The molecule has 6 nitrogen and oxygen atoms in total. The molecule has 1 fully saturated rings. The van der Waals surface area contributed by atoms with Crippen molar-refractivity contribution < 1.29 is 4.79 Å². The molecule has 1 amide bonds. The first kappa shape index (κ1) is 22.8. The Labute approximate surface area is 195 Å². The van der Waals surface area contributed by atoms with Gasteiger partial charge in [-0.3, -0.25) is 4.79 Å². The molecular weight excluding hydrogens is 410 g/mol. The van der Waals surface area contributed by atoms with Crippen molar-refractivity contribution in [2.45, 2.75) is 32.1 Å². The maximum Gasteiger partial charge on any atom is 0.251 e. The van der Waals surface area contributed by atoms with Crippen LogP contribution in [0.15, 0.2) is 54.6 Å². The van der Waals surface area contributed by atoms with Gasteiger partial charge in [0.1, 0.15) is 0 Å². The van der Waals surface area contributed by atoms with Gasteiger partial charge < -0.3 is 16.0 Å². The number of carbonyl (C=O) groups is 1. The minimum atomic E-state index is -0.168. The highest BCUT2D eigenvalue weighted by Gasteiger charge is 2.13. The number of nitrogens with zero attached hydrogens (tertiary/aromatic N) is 2. The van der Waals surface area contributed by atoms with Gasteiger partial charge in [0.2, 0.25) is 0 Å². The molecular formula is C27H31N5O. The zero-order valence-corrected chi connectivity index (χ0v) is 18.9. The Balaban J connectivity index is 1.46. The van der Waals surface area contributed by atoms with Crippen molar-refractivity contribution in [2.24, 2.45) is 5.92 Å². The molecule has 1 aromatic heterocycles. The van der Waals surface area contributed by atoms with Crippen LogP contribution in [0.5, 0.6) is 0 Å². The smallest absolute Gasteiger partial charge is 0.251 e. The van der Waals surface area contributed by atoms with E-state index < -0.39 is 0 Å². The first-order chi connectivity index (χ1) is 16.2. The highest BCUT2D eigenvalue weighted by molar-refractivity contribution is 5.96. The molecule has 6 heteroatoms. The molecule has 1 aliphatic heterocycles. The first-order valence-electron chi connectivity index (χ1n) is 11.8. The van der Waals surface area contributed by atoms with E-state index in [1.54, 1.807) is 12.1 Å². The lowest BCUT2D eigenvalue weighted by Gasteiger charge is -2.22. The van der Waals surface area contributed by atoms with Gasteiger partial charge >= 0.3 is 0 Å². The van der Waals surface area contributed by atoms with Gasteiger partial charge in [-0.1, -0.05) is 30.3 Å². The largest absolute Gasteiger partial charge is 0.384 e. The summed E-state index contributed by atoms with van der Waals surface area (Å²) in [6.07, 6.45) is 5.32. The molecule has 0 spiro atoms. The number of benzene rings is 2. The second kappa shape index (κ2) is 11.4. The summed E-state index contributed by atoms with van der Waals surface area (Å²) in [5.41, 5.74) is 4.46. The summed E-state index contributed by atoms with van der Waals surface area (Å²) in [7, 11) is 0. The highest BCUT2D eigenvalue weighted by atomic mass is 16.1. The van der Waals surface area contributed by atoms with E-state index in [1.165, 1.54) is 19.3 Å². The number of nitriles is 1. The van der Waals surface area contributed by atoms with Gasteiger partial charge in [-0.2, -0.15) is 5.26 Å². The van der Waals surface area contributed by atoms with Gasteiger partial charge in [-0.05, 0) is 69.0 Å². The van der Waals surface area contributed by atoms with Gasteiger partial charge in [-0.15, -0.1) is 0 Å². The van der Waals surface area contributed by atoms with Crippen LogP contribution in [-0.4, -0.2) is 37.1 Å². The van der Waals surface area contributed by atoms with Gasteiger partial charge in [0, 0.05) is 35.3 Å². The molecule has 2 heterocycles. The molecule has 4 rings (SSSR count). The molecule has 2 aromatic carbocycles. The summed E-state index contributed by atoms with van der Waals surface area (Å²) in [4.78, 5) is 17.1. The standard InChI is InChI=1S/C27H31N5O/c28-14-5-17-31-27(33)22-12-10-21(11-13-22)25-18-26(23-8-1-2-9-24(23)32-25)30-16-4-7-20-6-3-15-29-19-20/h1-2,8-13,18,20,29H,3-7,15-17,19H2,(H,30,32)(H,31,33). The third-order valence-electron chi connectivity index (χ3n) is 6.18. The summed E-state index contributed by atoms with van der Waals surface area (Å²) in [6, 6.07) is 19.8. The summed E-state index contributed by atoms with van der Waals surface area (Å²) in [5.74, 6) is 0.625. The number of hydrogen-bond donors (Lipinski definition) is 3. The van der Waals surface area contributed by atoms with E-state index in [1.807, 2.05) is 36.4 Å². The fourth-order valence-electron chi connectivity index (χ4n) is 4.38. The number of aromatic nitrogens is 1. The van der Waals surface area contributed by atoms with E-state index in [-0.39, 0.29) is 5.91 Å². The average molecular weight is 442 g/mol. The van der Waals surface area contributed by atoms with Crippen molar-refractivity contribution in [1.29, 1.82) is 5.26 Å². The fraction of sp³-hybridized carbons (Fsp3) is 0.370. The topological polar surface area (TPSA) is 89.8 Å². The number of anilines is 1. The van der Waals surface area contributed by atoms with Gasteiger partial charge in [0.15, 0.2) is 0 Å². The van der Waals surface area contributed by atoms with Crippen molar-refractivity contribution in [1.82, 2.24) is 15.6 Å². The van der Waals surface area contributed by atoms with Crippen LogP contribution in [0, 0.1) is 17.2 Å². The summed E-state index contributed by atoms with van der Waals surface area (Å²) < 4.78 is 0. The molecule has 1 unspecified atom stereocenters. The number of fused-ring (bicyclic) bond motifs is 1. The first-order valence-corrected chi connectivity index (χ1v) is 11.8. The number of amides is 1.